The molecule has 0 fully saturated rings. The highest BCUT2D eigenvalue weighted by Gasteiger charge is 1.90. The van der Waals surface area contributed by atoms with Crippen LogP contribution in [0.4, 0.5) is 0 Å². The molecule has 78 valence electrons. The van der Waals surface area contributed by atoms with E-state index in [-0.39, 0.29) is 0 Å². The highest BCUT2D eigenvalue weighted by molar-refractivity contribution is 9.08. The smallest absolute Gasteiger partial charge is 0.0285 e. The molecule has 0 bridgehead atoms. The van der Waals surface area contributed by atoms with Gasteiger partial charge < -0.3 is 4.90 Å². The van der Waals surface area contributed by atoms with E-state index in [9.17, 15) is 0 Å². The Hall–Kier alpha value is -0.760. The van der Waals surface area contributed by atoms with Gasteiger partial charge in [0, 0.05) is 19.4 Å². The largest absolute Gasteiger partial charge is 0.384 e. The zero-order valence-corrected chi connectivity index (χ0v) is 10.7. The monoisotopic (exact) mass is 255 g/mol. The maximum Gasteiger partial charge on any atom is 0.0285 e. The molecule has 0 radical (unpaired) electrons. The van der Waals surface area contributed by atoms with Crippen LogP contribution in [0.3, 0.4) is 0 Å². The van der Waals surface area contributed by atoms with Crippen LogP contribution < -0.4 is 0 Å². The van der Waals surface area contributed by atoms with Crippen LogP contribution in [0.1, 0.15) is 11.1 Å². The minimum Gasteiger partial charge on any atom is -0.384 e. The quantitative estimate of drug-likeness (QED) is 0.731. The summed E-state index contributed by atoms with van der Waals surface area (Å²) in [6.07, 6.45) is 1.75. The Bertz CT molecular complexity index is 269. The number of benzene rings is 1. The Morgan fingerprint density at radius 2 is 1.86 bits per heavy atom. The van der Waals surface area contributed by atoms with Gasteiger partial charge in [0.2, 0.25) is 0 Å². The van der Waals surface area contributed by atoms with Crippen molar-refractivity contribution in [1.82, 2.24) is 4.90 Å². The molecule has 0 saturated carbocycles. The maximum absolute atomic E-state index is 3.49. The van der Waals surface area contributed by atoms with E-state index in [1.54, 1.807) is 6.20 Å². The highest BCUT2D eigenvalue weighted by atomic mass is 79.9. The van der Waals surface area contributed by atoms with Gasteiger partial charge in [0.1, 0.15) is 0 Å². The van der Waals surface area contributed by atoms with E-state index in [0.717, 1.165) is 5.33 Å². The van der Waals surface area contributed by atoms with Gasteiger partial charge in [-0.25, -0.2) is 0 Å². The zero-order chi connectivity index (χ0) is 11.0. The number of halogens is 1. The lowest BCUT2D eigenvalue weighted by Gasteiger charge is -1.98. The average Bonchev–Trinajstić information content (AvgIpc) is 2.19. The lowest BCUT2D eigenvalue weighted by Crippen LogP contribution is -1.97. The first-order chi connectivity index (χ1) is 6.61. The van der Waals surface area contributed by atoms with Crippen LogP contribution in [-0.2, 0) is 5.33 Å². The van der Waals surface area contributed by atoms with Crippen LogP contribution in [-0.4, -0.2) is 19.0 Å². The fourth-order valence-corrected chi connectivity index (χ4v) is 1.39. The van der Waals surface area contributed by atoms with Gasteiger partial charge in [0.25, 0.3) is 0 Å². The van der Waals surface area contributed by atoms with Gasteiger partial charge in [0.15, 0.2) is 0 Å². The van der Waals surface area contributed by atoms with Gasteiger partial charge in [0.05, 0.1) is 0 Å². The van der Waals surface area contributed by atoms with Gasteiger partial charge in [-0.15, -0.1) is 0 Å². The summed E-state index contributed by atoms with van der Waals surface area (Å²) in [5.74, 6) is 0. The average molecular weight is 256 g/mol. The molecule has 0 saturated heterocycles. The van der Waals surface area contributed by atoms with Gasteiger partial charge in [-0.1, -0.05) is 46.8 Å². The van der Waals surface area contributed by atoms with Crippen molar-refractivity contribution < 1.29 is 0 Å². The molecule has 0 aliphatic carbocycles. The third kappa shape index (κ3) is 5.81. The third-order valence-electron chi connectivity index (χ3n) is 1.77. The second-order valence-electron chi connectivity index (χ2n) is 3.21. The molecule has 1 nitrogen and oxygen atoms in total. The van der Waals surface area contributed by atoms with E-state index in [2.05, 4.69) is 53.7 Å². The molecule has 0 aliphatic heterocycles. The fourth-order valence-electron chi connectivity index (χ4n) is 0.760. The Morgan fingerprint density at radius 3 is 2.14 bits per heavy atom. The minimum absolute atomic E-state index is 0.958. The van der Waals surface area contributed by atoms with E-state index < -0.39 is 0 Å². The summed E-state index contributed by atoms with van der Waals surface area (Å²) in [7, 11) is 3.88. The van der Waals surface area contributed by atoms with Crippen molar-refractivity contribution >= 4 is 15.9 Å². The van der Waals surface area contributed by atoms with Crippen LogP contribution in [0.15, 0.2) is 37.0 Å². The summed E-state index contributed by atoms with van der Waals surface area (Å²) in [5, 5.41) is 0.958. The number of rotatable bonds is 2. The summed E-state index contributed by atoms with van der Waals surface area (Å²) in [4.78, 5) is 1.89. The van der Waals surface area contributed by atoms with Gasteiger partial charge in [-0.3, -0.25) is 0 Å². The van der Waals surface area contributed by atoms with Crippen molar-refractivity contribution in [2.45, 2.75) is 12.3 Å². The molecule has 1 rings (SSSR count). The topological polar surface area (TPSA) is 3.24 Å². The SMILES string of the molecule is C=CN(C)C.Cc1ccccc1CBr. The lowest BCUT2D eigenvalue weighted by atomic mass is 10.1. The molecule has 0 atom stereocenters. The second kappa shape index (κ2) is 7.63. The predicted octanol–water partition coefficient (Wildman–Crippen LogP) is 3.58. The molecule has 1 aromatic rings. The Kier molecular flexibility index (Phi) is 7.21. The number of hydrogen-bond acceptors (Lipinski definition) is 1. The molecule has 2 heteroatoms. The standard InChI is InChI=1S/C8H9Br.C4H9N/c1-7-4-2-3-5-8(7)6-9;1-4-5(2)3/h2-5H,6H2,1H3;4H,1H2,2-3H3. The molecule has 0 amide bonds. The molecular weight excluding hydrogens is 238 g/mol. The number of hydrogen-bond donors (Lipinski definition) is 0. The molecule has 0 spiro atoms. The van der Waals surface area contributed by atoms with E-state index in [1.165, 1.54) is 11.1 Å². The van der Waals surface area contributed by atoms with Gasteiger partial charge >= 0.3 is 0 Å². The normalized spacial score (nSPS) is 8.57. The highest BCUT2D eigenvalue weighted by Crippen LogP contribution is 2.09. The summed E-state index contributed by atoms with van der Waals surface area (Å²) in [5.41, 5.74) is 2.73. The van der Waals surface area contributed by atoms with Crippen molar-refractivity contribution in [3.63, 3.8) is 0 Å². The van der Waals surface area contributed by atoms with Crippen molar-refractivity contribution in [2.24, 2.45) is 0 Å². The predicted molar refractivity (Wildman–Crippen MR) is 67.7 cm³/mol. The Morgan fingerprint density at radius 1 is 1.36 bits per heavy atom. The van der Waals surface area contributed by atoms with Crippen molar-refractivity contribution in [3.8, 4) is 0 Å². The molecule has 0 N–H and O–H groups in total. The van der Waals surface area contributed by atoms with Crippen LogP contribution in [0, 0.1) is 6.92 Å². The first-order valence-corrected chi connectivity index (χ1v) is 5.63. The summed E-state index contributed by atoms with van der Waals surface area (Å²) < 4.78 is 0. The lowest BCUT2D eigenvalue weighted by molar-refractivity contribution is 0.566. The molecule has 1 aromatic carbocycles. The van der Waals surface area contributed by atoms with Crippen LogP contribution in [0.2, 0.25) is 0 Å². The van der Waals surface area contributed by atoms with Gasteiger partial charge in [-0.2, -0.15) is 0 Å². The maximum atomic E-state index is 3.49. The minimum atomic E-state index is 0.958. The first-order valence-electron chi connectivity index (χ1n) is 4.51. The summed E-state index contributed by atoms with van der Waals surface area (Å²) in [6, 6.07) is 8.37. The molecular formula is C12H18BrN. The van der Waals surface area contributed by atoms with Crippen molar-refractivity contribution in [3.05, 3.63) is 48.2 Å². The van der Waals surface area contributed by atoms with Crippen LogP contribution >= 0.6 is 15.9 Å². The fraction of sp³-hybridized carbons (Fsp3) is 0.333. The molecule has 0 aromatic heterocycles. The number of nitrogens with zero attached hydrogens (tertiary/aromatic N) is 1. The molecule has 0 unspecified atom stereocenters. The number of aryl methyl sites for hydroxylation is 1. The third-order valence-corrected chi connectivity index (χ3v) is 2.37. The van der Waals surface area contributed by atoms with E-state index >= 15 is 0 Å². The van der Waals surface area contributed by atoms with Crippen LogP contribution in [0.25, 0.3) is 0 Å². The Labute approximate surface area is 95.6 Å². The van der Waals surface area contributed by atoms with Crippen molar-refractivity contribution in [1.29, 1.82) is 0 Å². The van der Waals surface area contributed by atoms with E-state index in [0.29, 0.717) is 0 Å². The van der Waals surface area contributed by atoms with E-state index in [1.807, 2.05) is 19.0 Å². The summed E-state index contributed by atoms with van der Waals surface area (Å²) >= 11 is 3.41. The second-order valence-corrected chi connectivity index (χ2v) is 3.77. The Balaban J connectivity index is 0.000000292. The first kappa shape index (κ1) is 13.2. The zero-order valence-electron chi connectivity index (χ0n) is 9.13. The molecule has 0 heterocycles. The van der Waals surface area contributed by atoms with Crippen molar-refractivity contribution in [2.75, 3.05) is 14.1 Å². The summed E-state index contributed by atoms with van der Waals surface area (Å²) in [6.45, 7) is 5.61. The number of alkyl halides is 1. The molecule has 14 heavy (non-hydrogen) atoms. The molecule has 0 aliphatic rings. The van der Waals surface area contributed by atoms with Crippen LogP contribution in [0.5, 0.6) is 0 Å². The van der Waals surface area contributed by atoms with Gasteiger partial charge in [-0.05, 0) is 24.3 Å². The van der Waals surface area contributed by atoms with E-state index in [4.69, 9.17) is 0 Å².